The minimum absolute atomic E-state index is 0.599. The first-order valence-electron chi connectivity index (χ1n) is 3.58. The molecule has 0 unspecified atom stereocenters. The Hall–Kier alpha value is -1.95. The fraction of sp³-hybridized carbons (Fsp3) is 0. The molecule has 58 valence electrons. The van der Waals surface area contributed by atoms with Crippen molar-refractivity contribution in [2.75, 3.05) is 5.73 Å². The van der Waals surface area contributed by atoms with Crippen molar-refractivity contribution < 1.29 is 0 Å². The summed E-state index contributed by atoms with van der Waals surface area (Å²) in [4.78, 5) is 0. The average molecular weight is 157 g/mol. The first-order valence-corrected chi connectivity index (χ1v) is 3.58. The SMILES string of the molecule is N#Cc1cc(N)n2ccccc12. The molecule has 2 N–H and O–H groups in total. The van der Waals surface area contributed by atoms with E-state index in [9.17, 15) is 0 Å². The molecule has 2 rings (SSSR count). The Bertz CT molecular complexity index is 462. The first-order chi connectivity index (χ1) is 5.83. The predicted molar refractivity (Wildman–Crippen MR) is 46.5 cm³/mol. The lowest BCUT2D eigenvalue weighted by Crippen LogP contribution is -1.90. The highest BCUT2D eigenvalue weighted by molar-refractivity contribution is 5.67. The summed E-state index contributed by atoms with van der Waals surface area (Å²) in [7, 11) is 0. The molecule has 0 atom stereocenters. The minimum Gasteiger partial charge on any atom is -0.385 e. The zero-order valence-electron chi connectivity index (χ0n) is 6.36. The molecule has 12 heavy (non-hydrogen) atoms. The summed E-state index contributed by atoms with van der Waals surface area (Å²) in [5, 5.41) is 8.73. The Morgan fingerprint density at radius 3 is 3.00 bits per heavy atom. The van der Waals surface area contributed by atoms with Crippen LogP contribution < -0.4 is 5.73 Å². The summed E-state index contributed by atoms with van der Waals surface area (Å²) in [6.07, 6.45) is 1.84. The number of nitriles is 1. The third-order valence-electron chi connectivity index (χ3n) is 1.83. The molecule has 0 aliphatic rings. The van der Waals surface area contributed by atoms with Crippen LogP contribution in [0.3, 0.4) is 0 Å². The van der Waals surface area contributed by atoms with Gasteiger partial charge in [-0.05, 0) is 18.2 Å². The molecule has 0 fully saturated rings. The van der Waals surface area contributed by atoms with Gasteiger partial charge in [0.2, 0.25) is 0 Å². The Kier molecular flexibility index (Phi) is 1.28. The Morgan fingerprint density at radius 2 is 2.25 bits per heavy atom. The number of fused-ring (bicyclic) bond motifs is 1. The Balaban J connectivity index is 2.94. The van der Waals surface area contributed by atoms with Gasteiger partial charge >= 0.3 is 0 Å². The fourth-order valence-corrected chi connectivity index (χ4v) is 1.27. The van der Waals surface area contributed by atoms with Crippen molar-refractivity contribution in [1.82, 2.24) is 4.40 Å². The number of aromatic nitrogens is 1. The van der Waals surface area contributed by atoms with Crippen LogP contribution in [-0.2, 0) is 0 Å². The van der Waals surface area contributed by atoms with Crippen LogP contribution in [0.25, 0.3) is 5.52 Å². The molecule has 0 amide bonds. The maximum Gasteiger partial charge on any atom is 0.109 e. The largest absolute Gasteiger partial charge is 0.385 e. The normalized spacial score (nSPS) is 9.92. The zero-order chi connectivity index (χ0) is 8.55. The summed E-state index contributed by atoms with van der Waals surface area (Å²) in [6.45, 7) is 0. The molecule has 0 radical (unpaired) electrons. The maximum absolute atomic E-state index is 8.73. The third-order valence-corrected chi connectivity index (χ3v) is 1.83. The highest BCUT2D eigenvalue weighted by atomic mass is 15.0. The standard InChI is InChI=1S/C9H7N3/c10-6-7-5-9(11)12-4-2-1-3-8(7)12/h1-5H,11H2. The molecule has 0 aliphatic heterocycles. The summed E-state index contributed by atoms with van der Waals surface area (Å²) >= 11 is 0. The van der Waals surface area contributed by atoms with Gasteiger partial charge in [-0.15, -0.1) is 0 Å². The summed E-state index contributed by atoms with van der Waals surface area (Å²) < 4.78 is 1.79. The van der Waals surface area contributed by atoms with Gasteiger partial charge in [0.05, 0.1) is 11.1 Å². The van der Waals surface area contributed by atoms with Crippen molar-refractivity contribution in [2.24, 2.45) is 0 Å². The van der Waals surface area contributed by atoms with E-state index in [1.54, 1.807) is 10.5 Å². The van der Waals surface area contributed by atoms with Crippen LogP contribution in [0.4, 0.5) is 5.82 Å². The lowest BCUT2D eigenvalue weighted by molar-refractivity contribution is 1.21. The summed E-state index contributed by atoms with van der Waals surface area (Å²) in [5.41, 5.74) is 7.14. The zero-order valence-corrected chi connectivity index (χ0v) is 6.36. The van der Waals surface area contributed by atoms with E-state index in [2.05, 4.69) is 6.07 Å². The average Bonchev–Trinajstić information content (AvgIpc) is 2.44. The van der Waals surface area contributed by atoms with Gasteiger partial charge < -0.3 is 10.1 Å². The van der Waals surface area contributed by atoms with Crippen LogP contribution in [0.5, 0.6) is 0 Å². The lowest BCUT2D eigenvalue weighted by atomic mass is 10.3. The van der Waals surface area contributed by atoms with Gasteiger partial charge in [0.1, 0.15) is 11.9 Å². The van der Waals surface area contributed by atoms with E-state index in [0.29, 0.717) is 11.4 Å². The van der Waals surface area contributed by atoms with E-state index in [0.717, 1.165) is 5.52 Å². The van der Waals surface area contributed by atoms with Gasteiger partial charge in [-0.1, -0.05) is 6.07 Å². The molecule has 0 bridgehead atoms. The molecule has 2 heterocycles. The lowest BCUT2D eigenvalue weighted by Gasteiger charge is -1.94. The van der Waals surface area contributed by atoms with E-state index < -0.39 is 0 Å². The highest BCUT2D eigenvalue weighted by Crippen LogP contribution is 2.16. The molecule has 3 nitrogen and oxygen atoms in total. The van der Waals surface area contributed by atoms with E-state index in [1.807, 2.05) is 24.4 Å². The Morgan fingerprint density at radius 1 is 1.42 bits per heavy atom. The number of nitrogens with two attached hydrogens (primary N) is 1. The van der Waals surface area contributed by atoms with Gasteiger partial charge in [-0.2, -0.15) is 5.26 Å². The minimum atomic E-state index is 0.599. The van der Waals surface area contributed by atoms with Gasteiger partial charge in [0.25, 0.3) is 0 Å². The quantitative estimate of drug-likeness (QED) is 0.628. The van der Waals surface area contributed by atoms with Crippen molar-refractivity contribution in [3.05, 3.63) is 36.0 Å². The highest BCUT2D eigenvalue weighted by Gasteiger charge is 2.03. The molecule has 0 saturated carbocycles. The molecular formula is C9H7N3. The second-order valence-corrected chi connectivity index (χ2v) is 2.55. The van der Waals surface area contributed by atoms with Gasteiger partial charge in [0.15, 0.2) is 0 Å². The van der Waals surface area contributed by atoms with Crippen LogP contribution in [0.15, 0.2) is 30.5 Å². The number of nitrogen functional groups attached to an aromatic ring is 1. The van der Waals surface area contributed by atoms with E-state index in [1.165, 1.54) is 0 Å². The topological polar surface area (TPSA) is 54.2 Å². The number of pyridine rings is 1. The second-order valence-electron chi connectivity index (χ2n) is 2.55. The number of hydrogen-bond donors (Lipinski definition) is 1. The van der Waals surface area contributed by atoms with Crippen LogP contribution in [0, 0.1) is 11.3 Å². The van der Waals surface area contributed by atoms with Crippen LogP contribution in [0.2, 0.25) is 0 Å². The van der Waals surface area contributed by atoms with Gasteiger partial charge in [-0.3, -0.25) is 0 Å². The first kappa shape index (κ1) is 6.74. The molecule has 0 aromatic carbocycles. The van der Waals surface area contributed by atoms with E-state index in [-0.39, 0.29) is 0 Å². The molecule has 2 aromatic rings. The number of hydrogen-bond acceptors (Lipinski definition) is 2. The molecule has 0 saturated heterocycles. The molecule has 3 heteroatoms. The smallest absolute Gasteiger partial charge is 0.109 e. The monoisotopic (exact) mass is 157 g/mol. The molecule has 2 aromatic heterocycles. The van der Waals surface area contributed by atoms with Gasteiger partial charge in [0, 0.05) is 6.20 Å². The molecule has 0 spiro atoms. The van der Waals surface area contributed by atoms with Crippen LogP contribution in [0.1, 0.15) is 5.56 Å². The second kappa shape index (κ2) is 2.28. The maximum atomic E-state index is 8.73. The number of anilines is 1. The number of rotatable bonds is 0. The third kappa shape index (κ3) is 0.753. The number of nitrogens with zero attached hydrogens (tertiary/aromatic N) is 2. The summed E-state index contributed by atoms with van der Waals surface area (Å²) in [6, 6.07) is 9.40. The van der Waals surface area contributed by atoms with E-state index >= 15 is 0 Å². The van der Waals surface area contributed by atoms with Crippen LogP contribution in [-0.4, -0.2) is 4.40 Å². The molecular weight excluding hydrogens is 150 g/mol. The van der Waals surface area contributed by atoms with Crippen molar-refractivity contribution in [3.8, 4) is 6.07 Å². The van der Waals surface area contributed by atoms with Crippen molar-refractivity contribution in [3.63, 3.8) is 0 Å². The molecule has 0 aliphatic carbocycles. The fourth-order valence-electron chi connectivity index (χ4n) is 1.27. The van der Waals surface area contributed by atoms with E-state index in [4.69, 9.17) is 11.0 Å². The van der Waals surface area contributed by atoms with Crippen LogP contribution >= 0.6 is 0 Å². The van der Waals surface area contributed by atoms with Crippen molar-refractivity contribution >= 4 is 11.3 Å². The Labute approximate surface area is 69.6 Å². The van der Waals surface area contributed by atoms with Gasteiger partial charge in [-0.25, -0.2) is 0 Å². The van der Waals surface area contributed by atoms with Crippen molar-refractivity contribution in [2.45, 2.75) is 0 Å². The van der Waals surface area contributed by atoms with Crippen molar-refractivity contribution in [1.29, 1.82) is 5.26 Å². The predicted octanol–water partition coefficient (Wildman–Crippen LogP) is 1.39. The summed E-state index contributed by atoms with van der Waals surface area (Å²) in [5.74, 6) is 0.599.